The molecule has 0 fully saturated rings. The first-order chi connectivity index (χ1) is 9.24. The number of benzene rings is 1. The number of para-hydroxylation sites is 2. The summed E-state index contributed by atoms with van der Waals surface area (Å²) in [4.78, 5) is 18.5. The Labute approximate surface area is 108 Å². The van der Waals surface area contributed by atoms with Crippen LogP contribution in [0.2, 0.25) is 0 Å². The third-order valence-electron chi connectivity index (χ3n) is 2.24. The molecule has 7 heteroatoms. The van der Waals surface area contributed by atoms with E-state index in [2.05, 4.69) is 25.2 Å². The van der Waals surface area contributed by atoms with Crippen LogP contribution >= 0.6 is 0 Å². The fourth-order valence-electron chi connectivity index (χ4n) is 1.43. The lowest BCUT2D eigenvalue weighted by atomic mass is 10.3. The van der Waals surface area contributed by atoms with Gasteiger partial charge in [0.2, 0.25) is 11.7 Å². The molecule has 0 saturated heterocycles. The van der Waals surface area contributed by atoms with E-state index in [9.17, 15) is 4.79 Å². The zero-order chi connectivity index (χ0) is 13.7. The molecule has 0 aliphatic heterocycles. The van der Waals surface area contributed by atoms with Gasteiger partial charge in [0, 0.05) is 0 Å². The van der Waals surface area contributed by atoms with E-state index in [0.29, 0.717) is 5.95 Å². The molecule has 0 atom stereocenters. The number of fused-ring (bicyclic) bond motifs is 1. The minimum absolute atomic E-state index is 0.185. The van der Waals surface area contributed by atoms with Crippen molar-refractivity contribution >= 4 is 28.7 Å². The van der Waals surface area contributed by atoms with Crippen LogP contribution in [0.3, 0.4) is 0 Å². The molecule has 0 bridgehead atoms. The first kappa shape index (κ1) is 12.6. The Bertz CT molecular complexity index is 635. The number of nitrogens with one attached hydrogen (secondary N) is 2. The number of rotatable bonds is 4. The molecule has 0 radical (unpaired) electrons. The van der Waals surface area contributed by atoms with Crippen molar-refractivity contribution in [3.63, 3.8) is 0 Å². The molecule has 0 spiro atoms. The summed E-state index contributed by atoms with van der Waals surface area (Å²) in [7, 11) is 0. The Balaban J connectivity index is 2.16. The molecule has 1 heterocycles. The molecule has 0 amide bonds. The van der Waals surface area contributed by atoms with Gasteiger partial charge in [0.15, 0.2) is 0 Å². The lowest BCUT2D eigenvalue weighted by molar-refractivity contribution is -0.134. The van der Waals surface area contributed by atoms with Gasteiger partial charge in [-0.2, -0.15) is 10.4 Å². The number of H-pyrrole nitrogens is 1. The standard InChI is InChI=1S/C12H11N5O2/c1-2-19-11(18)10(7-13)16-17-12-14-8-5-3-4-6-9(8)15-12/h3-6H,2H2,1H3,(H2,14,15,17)/b16-10+. The maximum Gasteiger partial charge on any atom is 0.369 e. The molecule has 2 aromatic rings. The molecular weight excluding hydrogens is 246 g/mol. The number of aromatic amines is 1. The van der Waals surface area contributed by atoms with E-state index >= 15 is 0 Å². The second-order valence-corrected chi connectivity index (χ2v) is 3.51. The van der Waals surface area contributed by atoms with Crippen LogP contribution < -0.4 is 5.43 Å². The largest absolute Gasteiger partial charge is 0.461 e. The van der Waals surface area contributed by atoms with Crippen molar-refractivity contribution in [2.45, 2.75) is 6.92 Å². The quantitative estimate of drug-likeness (QED) is 0.489. The van der Waals surface area contributed by atoms with Gasteiger partial charge >= 0.3 is 5.97 Å². The van der Waals surface area contributed by atoms with E-state index in [1.165, 1.54) is 0 Å². The third kappa shape index (κ3) is 2.87. The van der Waals surface area contributed by atoms with Crippen molar-refractivity contribution in [1.29, 1.82) is 5.26 Å². The van der Waals surface area contributed by atoms with Crippen LogP contribution in [0.5, 0.6) is 0 Å². The van der Waals surface area contributed by atoms with E-state index in [1.54, 1.807) is 13.0 Å². The average Bonchev–Trinajstić information content (AvgIpc) is 2.82. The maximum atomic E-state index is 11.3. The highest BCUT2D eigenvalue weighted by Crippen LogP contribution is 2.12. The van der Waals surface area contributed by atoms with Crippen LogP contribution in [0.4, 0.5) is 5.95 Å². The number of carbonyl (C=O) groups is 1. The number of esters is 1. The first-order valence-electron chi connectivity index (χ1n) is 5.60. The summed E-state index contributed by atoms with van der Waals surface area (Å²) < 4.78 is 4.68. The van der Waals surface area contributed by atoms with Crippen LogP contribution in [0.15, 0.2) is 29.4 Å². The smallest absolute Gasteiger partial charge is 0.369 e. The van der Waals surface area contributed by atoms with Gasteiger partial charge in [-0.3, -0.25) is 0 Å². The van der Waals surface area contributed by atoms with Crippen molar-refractivity contribution in [1.82, 2.24) is 9.97 Å². The Kier molecular flexibility index (Phi) is 3.73. The maximum absolute atomic E-state index is 11.3. The van der Waals surface area contributed by atoms with Gasteiger partial charge in [-0.15, -0.1) is 0 Å². The topological polar surface area (TPSA) is 103 Å². The second-order valence-electron chi connectivity index (χ2n) is 3.51. The fraction of sp³-hybridized carbons (Fsp3) is 0.167. The molecule has 2 N–H and O–H groups in total. The second kappa shape index (κ2) is 5.64. The first-order valence-corrected chi connectivity index (χ1v) is 5.60. The molecular formula is C12H11N5O2. The summed E-state index contributed by atoms with van der Waals surface area (Å²) in [5.41, 5.74) is 3.75. The van der Waals surface area contributed by atoms with Crippen LogP contribution in [0, 0.1) is 11.3 Å². The number of hydrogen-bond donors (Lipinski definition) is 2. The molecule has 0 saturated carbocycles. The Hall–Kier alpha value is -2.88. The van der Waals surface area contributed by atoms with Crippen LogP contribution in [-0.2, 0) is 9.53 Å². The number of imidazole rings is 1. The number of anilines is 1. The molecule has 0 aliphatic carbocycles. The predicted octanol–water partition coefficient (Wildman–Crippen LogP) is 1.42. The third-order valence-corrected chi connectivity index (χ3v) is 2.24. The van der Waals surface area contributed by atoms with Gasteiger partial charge in [-0.05, 0) is 19.1 Å². The number of ether oxygens (including phenoxy) is 1. The lowest BCUT2D eigenvalue weighted by Gasteiger charge is -1.98. The SMILES string of the molecule is CCOC(=O)/C(C#N)=N/Nc1nc2ccccc2[nH]1. The van der Waals surface area contributed by atoms with Gasteiger partial charge in [0.05, 0.1) is 17.6 Å². The predicted molar refractivity (Wildman–Crippen MR) is 69.4 cm³/mol. The van der Waals surface area contributed by atoms with Crippen molar-refractivity contribution < 1.29 is 9.53 Å². The normalized spacial score (nSPS) is 11.1. The summed E-state index contributed by atoms with van der Waals surface area (Å²) in [6, 6.07) is 9.07. The van der Waals surface area contributed by atoms with Crippen molar-refractivity contribution in [2.24, 2.45) is 5.10 Å². The highest BCUT2D eigenvalue weighted by molar-refractivity contribution is 6.43. The summed E-state index contributed by atoms with van der Waals surface area (Å²) in [6.07, 6.45) is 0. The summed E-state index contributed by atoms with van der Waals surface area (Å²) in [6.45, 7) is 1.84. The fourth-order valence-corrected chi connectivity index (χ4v) is 1.43. The van der Waals surface area contributed by atoms with E-state index in [1.807, 2.05) is 24.3 Å². The van der Waals surface area contributed by atoms with Crippen LogP contribution in [-0.4, -0.2) is 28.3 Å². The molecule has 0 aliphatic rings. The van der Waals surface area contributed by atoms with Crippen molar-refractivity contribution in [3.05, 3.63) is 24.3 Å². The number of aromatic nitrogens is 2. The van der Waals surface area contributed by atoms with E-state index < -0.39 is 5.97 Å². The van der Waals surface area contributed by atoms with Crippen molar-refractivity contribution in [2.75, 3.05) is 12.0 Å². The minimum Gasteiger partial charge on any atom is -0.461 e. The van der Waals surface area contributed by atoms with Gasteiger partial charge < -0.3 is 9.72 Å². The minimum atomic E-state index is -0.770. The van der Waals surface area contributed by atoms with Crippen LogP contribution in [0.25, 0.3) is 11.0 Å². The summed E-state index contributed by atoms with van der Waals surface area (Å²) >= 11 is 0. The molecule has 1 aromatic heterocycles. The molecule has 7 nitrogen and oxygen atoms in total. The number of nitrogens with zero attached hydrogens (tertiary/aromatic N) is 3. The summed E-state index contributed by atoms with van der Waals surface area (Å²) in [5, 5.41) is 12.5. The number of hydrogen-bond acceptors (Lipinski definition) is 6. The monoisotopic (exact) mass is 257 g/mol. The van der Waals surface area contributed by atoms with E-state index in [0.717, 1.165) is 11.0 Å². The Morgan fingerprint density at radius 2 is 2.37 bits per heavy atom. The molecule has 2 rings (SSSR count). The lowest BCUT2D eigenvalue weighted by Crippen LogP contribution is -2.17. The van der Waals surface area contributed by atoms with Crippen molar-refractivity contribution in [3.8, 4) is 6.07 Å². The number of carbonyl (C=O) groups excluding carboxylic acids is 1. The van der Waals surface area contributed by atoms with Gasteiger partial charge in [-0.1, -0.05) is 12.1 Å². The Morgan fingerprint density at radius 3 is 3.05 bits per heavy atom. The molecule has 19 heavy (non-hydrogen) atoms. The van der Waals surface area contributed by atoms with E-state index in [-0.39, 0.29) is 12.3 Å². The zero-order valence-electron chi connectivity index (χ0n) is 10.2. The number of nitriles is 1. The highest BCUT2D eigenvalue weighted by Gasteiger charge is 2.12. The van der Waals surface area contributed by atoms with Gasteiger partial charge in [0.1, 0.15) is 6.07 Å². The molecule has 1 aromatic carbocycles. The average molecular weight is 257 g/mol. The zero-order valence-corrected chi connectivity index (χ0v) is 10.2. The number of hydrazone groups is 1. The van der Waals surface area contributed by atoms with Gasteiger partial charge in [0.25, 0.3) is 0 Å². The molecule has 96 valence electrons. The summed E-state index contributed by atoms with van der Waals surface area (Å²) in [5.74, 6) is -0.424. The van der Waals surface area contributed by atoms with Gasteiger partial charge in [-0.25, -0.2) is 15.2 Å². The highest BCUT2D eigenvalue weighted by atomic mass is 16.5. The van der Waals surface area contributed by atoms with E-state index in [4.69, 9.17) is 5.26 Å². The van der Waals surface area contributed by atoms with Crippen LogP contribution in [0.1, 0.15) is 6.92 Å². The Morgan fingerprint density at radius 1 is 1.58 bits per heavy atom. The molecule has 0 unspecified atom stereocenters.